The number of anilines is 1. The summed E-state index contributed by atoms with van der Waals surface area (Å²) in [6.45, 7) is 1.97. The number of carbonyl (C=O) groups excluding carboxylic acids is 2. The maximum atomic E-state index is 11.9. The summed E-state index contributed by atoms with van der Waals surface area (Å²) in [6.07, 6.45) is 3.19. The van der Waals surface area contributed by atoms with E-state index in [9.17, 15) is 9.59 Å². The summed E-state index contributed by atoms with van der Waals surface area (Å²) in [4.78, 5) is 25.2. The molecule has 0 radical (unpaired) electrons. The van der Waals surface area contributed by atoms with Crippen LogP contribution in [-0.2, 0) is 4.79 Å². The van der Waals surface area contributed by atoms with Gasteiger partial charge in [0.2, 0.25) is 5.91 Å². The van der Waals surface area contributed by atoms with E-state index < -0.39 is 0 Å². The zero-order valence-corrected chi connectivity index (χ0v) is 13.5. The van der Waals surface area contributed by atoms with Crippen molar-refractivity contribution in [3.05, 3.63) is 71.3 Å². The van der Waals surface area contributed by atoms with Crippen molar-refractivity contribution in [2.45, 2.75) is 6.92 Å². The zero-order valence-electron chi connectivity index (χ0n) is 13.5. The van der Waals surface area contributed by atoms with Crippen LogP contribution in [0.4, 0.5) is 5.69 Å². The summed E-state index contributed by atoms with van der Waals surface area (Å²) < 4.78 is 0. The van der Waals surface area contributed by atoms with Gasteiger partial charge in [-0.2, -0.15) is 0 Å². The Morgan fingerprint density at radius 3 is 2.35 bits per heavy atom. The molecule has 0 atom stereocenters. The molecule has 0 aliphatic carbocycles. The van der Waals surface area contributed by atoms with Crippen molar-refractivity contribution < 1.29 is 9.59 Å². The van der Waals surface area contributed by atoms with Crippen LogP contribution in [0.1, 0.15) is 21.5 Å². The SMILES string of the molecule is Cc1cccc(NC(=O)/C=C/c2ccc(C(=O)N(C)C)cc2)c1. The highest BCUT2D eigenvalue weighted by Gasteiger charge is 2.06. The van der Waals surface area contributed by atoms with Crippen LogP contribution in [0.3, 0.4) is 0 Å². The number of hydrogen-bond donors (Lipinski definition) is 1. The molecule has 0 fully saturated rings. The fourth-order valence-electron chi connectivity index (χ4n) is 2.07. The average Bonchev–Trinajstić information content (AvgIpc) is 2.52. The Kier molecular flexibility index (Phi) is 5.31. The van der Waals surface area contributed by atoms with Gasteiger partial charge >= 0.3 is 0 Å². The van der Waals surface area contributed by atoms with Crippen LogP contribution >= 0.6 is 0 Å². The maximum absolute atomic E-state index is 11.9. The molecule has 118 valence electrons. The molecule has 2 rings (SSSR count). The molecule has 0 aromatic heterocycles. The highest BCUT2D eigenvalue weighted by Crippen LogP contribution is 2.11. The lowest BCUT2D eigenvalue weighted by Crippen LogP contribution is -2.21. The first-order chi connectivity index (χ1) is 11.0. The second kappa shape index (κ2) is 7.40. The van der Waals surface area contributed by atoms with E-state index in [1.165, 1.54) is 11.0 Å². The summed E-state index contributed by atoms with van der Waals surface area (Å²) in [6, 6.07) is 14.8. The molecule has 4 heteroatoms. The van der Waals surface area contributed by atoms with Crippen LogP contribution in [0.15, 0.2) is 54.6 Å². The van der Waals surface area contributed by atoms with Gasteiger partial charge in [-0.1, -0.05) is 24.3 Å². The van der Waals surface area contributed by atoms with E-state index in [0.29, 0.717) is 5.56 Å². The molecule has 0 spiro atoms. The first-order valence-corrected chi connectivity index (χ1v) is 7.33. The fourth-order valence-corrected chi connectivity index (χ4v) is 2.07. The number of rotatable bonds is 4. The molecule has 0 heterocycles. The van der Waals surface area contributed by atoms with E-state index in [0.717, 1.165) is 16.8 Å². The lowest BCUT2D eigenvalue weighted by molar-refractivity contribution is -0.111. The molecular formula is C19H20N2O2. The normalized spacial score (nSPS) is 10.6. The van der Waals surface area contributed by atoms with Gasteiger partial charge in [-0.15, -0.1) is 0 Å². The Balaban J connectivity index is 1.99. The standard InChI is InChI=1S/C19H20N2O2/c1-14-5-4-6-17(13-14)20-18(22)12-9-15-7-10-16(11-8-15)19(23)21(2)3/h4-13H,1-3H3,(H,20,22)/b12-9+. The number of nitrogens with one attached hydrogen (secondary N) is 1. The smallest absolute Gasteiger partial charge is 0.253 e. The van der Waals surface area contributed by atoms with E-state index in [-0.39, 0.29) is 11.8 Å². The van der Waals surface area contributed by atoms with Gasteiger partial charge in [0.15, 0.2) is 0 Å². The Hall–Kier alpha value is -2.88. The van der Waals surface area contributed by atoms with Crippen molar-refractivity contribution in [2.75, 3.05) is 19.4 Å². The summed E-state index contributed by atoms with van der Waals surface area (Å²) >= 11 is 0. The average molecular weight is 308 g/mol. The molecule has 0 saturated heterocycles. The van der Waals surface area contributed by atoms with Crippen molar-refractivity contribution in [3.63, 3.8) is 0 Å². The molecule has 2 amide bonds. The van der Waals surface area contributed by atoms with Gasteiger partial charge in [-0.25, -0.2) is 0 Å². The first-order valence-electron chi connectivity index (χ1n) is 7.33. The molecule has 2 aromatic rings. The lowest BCUT2D eigenvalue weighted by atomic mass is 10.1. The minimum Gasteiger partial charge on any atom is -0.345 e. The van der Waals surface area contributed by atoms with Crippen LogP contribution in [0.25, 0.3) is 6.08 Å². The van der Waals surface area contributed by atoms with Crippen LogP contribution in [0.2, 0.25) is 0 Å². The van der Waals surface area contributed by atoms with Gasteiger partial charge in [0.05, 0.1) is 0 Å². The number of carbonyl (C=O) groups is 2. The van der Waals surface area contributed by atoms with Crippen molar-refractivity contribution in [1.29, 1.82) is 0 Å². The largest absolute Gasteiger partial charge is 0.345 e. The van der Waals surface area contributed by atoms with E-state index in [4.69, 9.17) is 0 Å². The third-order valence-electron chi connectivity index (χ3n) is 3.28. The quantitative estimate of drug-likeness (QED) is 0.881. The first kappa shape index (κ1) is 16.5. The van der Waals surface area contributed by atoms with Gasteiger partial charge < -0.3 is 10.2 Å². The maximum Gasteiger partial charge on any atom is 0.253 e. The predicted octanol–water partition coefficient (Wildman–Crippen LogP) is 3.35. The van der Waals surface area contributed by atoms with Crippen molar-refractivity contribution in [2.24, 2.45) is 0 Å². The fraction of sp³-hybridized carbons (Fsp3) is 0.158. The van der Waals surface area contributed by atoms with Gasteiger partial charge in [0, 0.05) is 31.4 Å². The number of aryl methyl sites for hydroxylation is 1. The van der Waals surface area contributed by atoms with Crippen molar-refractivity contribution in [1.82, 2.24) is 4.90 Å². The molecule has 0 bridgehead atoms. The van der Waals surface area contributed by atoms with Gasteiger partial charge in [-0.05, 0) is 48.4 Å². The van der Waals surface area contributed by atoms with E-state index in [2.05, 4.69) is 5.32 Å². The van der Waals surface area contributed by atoms with E-state index in [1.807, 2.05) is 43.3 Å². The van der Waals surface area contributed by atoms with Crippen molar-refractivity contribution >= 4 is 23.6 Å². The Labute approximate surface area is 136 Å². The Bertz CT molecular complexity index is 731. The van der Waals surface area contributed by atoms with E-state index >= 15 is 0 Å². The predicted molar refractivity (Wildman–Crippen MR) is 93.3 cm³/mol. The topological polar surface area (TPSA) is 49.4 Å². The number of hydrogen-bond acceptors (Lipinski definition) is 2. The molecule has 0 saturated carbocycles. The molecule has 0 aliphatic heterocycles. The van der Waals surface area contributed by atoms with Crippen LogP contribution < -0.4 is 5.32 Å². The molecule has 0 unspecified atom stereocenters. The monoisotopic (exact) mass is 308 g/mol. The third kappa shape index (κ3) is 4.81. The van der Waals surface area contributed by atoms with Crippen LogP contribution in [0, 0.1) is 6.92 Å². The number of nitrogens with zero attached hydrogens (tertiary/aromatic N) is 1. The highest BCUT2D eigenvalue weighted by molar-refractivity contribution is 6.02. The zero-order chi connectivity index (χ0) is 16.8. The summed E-state index contributed by atoms with van der Waals surface area (Å²) in [5.41, 5.74) is 3.34. The number of amides is 2. The summed E-state index contributed by atoms with van der Waals surface area (Å²) in [5, 5.41) is 2.81. The van der Waals surface area contributed by atoms with Gasteiger partial charge in [0.1, 0.15) is 0 Å². The minimum atomic E-state index is -0.191. The molecule has 4 nitrogen and oxygen atoms in total. The van der Waals surface area contributed by atoms with Gasteiger partial charge in [-0.3, -0.25) is 9.59 Å². The lowest BCUT2D eigenvalue weighted by Gasteiger charge is -2.09. The molecular weight excluding hydrogens is 288 g/mol. The summed E-state index contributed by atoms with van der Waals surface area (Å²) in [7, 11) is 3.43. The Morgan fingerprint density at radius 2 is 1.74 bits per heavy atom. The Morgan fingerprint density at radius 1 is 1.04 bits per heavy atom. The molecule has 23 heavy (non-hydrogen) atoms. The molecule has 2 aromatic carbocycles. The molecule has 1 N–H and O–H groups in total. The highest BCUT2D eigenvalue weighted by atomic mass is 16.2. The van der Waals surface area contributed by atoms with E-state index in [1.54, 1.807) is 32.3 Å². The van der Waals surface area contributed by atoms with Crippen molar-refractivity contribution in [3.8, 4) is 0 Å². The van der Waals surface area contributed by atoms with Crippen LogP contribution in [-0.4, -0.2) is 30.8 Å². The minimum absolute atomic E-state index is 0.0438. The second-order valence-corrected chi connectivity index (χ2v) is 5.51. The summed E-state index contributed by atoms with van der Waals surface area (Å²) in [5.74, 6) is -0.234. The third-order valence-corrected chi connectivity index (χ3v) is 3.28. The molecule has 0 aliphatic rings. The van der Waals surface area contributed by atoms with Gasteiger partial charge in [0.25, 0.3) is 5.91 Å². The number of benzene rings is 2. The van der Waals surface area contributed by atoms with Crippen LogP contribution in [0.5, 0.6) is 0 Å². The second-order valence-electron chi connectivity index (χ2n) is 5.51.